The van der Waals surface area contributed by atoms with Crippen LogP contribution < -0.4 is 5.73 Å². The monoisotopic (exact) mass is 454 g/mol. The fourth-order valence-corrected chi connectivity index (χ4v) is 4.88. The van der Waals surface area contributed by atoms with E-state index in [4.69, 9.17) is 10.5 Å². The third kappa shape index (κ3) is 4.22. The average Bonchev–Trinajstić information content (AvgIpc) is 3.46. The van der Waals surface area contributed by atoms with Gasteiger partial charge in [-0.05, 0) is 41.5 Å². The highest BCUT2D eigenvalue weighted by Gasteiger charge is 2.23. The third-order valence-corrected chi connectivity index (χ3v) is 6.78. The molecule has 0 fully saturated rings. The number of aromatic nitrogens is 3. The van der Waals surface area contributed by atoms with E-state index in [0.29, 0.717) is 24.3 Å². The van der Waals surface area contributed by atoms with Gasteiger partial charge < -0.3 is 10.5 Å². The second kappa shape index (κ2) is 9.07. The molecule has 0 bridgehead atoms. The fourth-order valence-electron chi connectivity index (χ4n) is 3.44. The maximum absolute atomic E-state index is 14.5. The molecule has 0 saturated heterocycles. The second-order valence-corrected chi connectivity index (χ2v) is 9.05. The summed E-state index contributed by atoms with van der Waals surface area (Å²) >= 11 is 0. The smallest absolute Gasteiger partial charge is 0.268 e. The van der Waals surface area contributed by atoms with Gasteiger partial charge >= 0.3 is 0 Å². The predicted octanol–water partition coefficient (Wildman–Crippen LogP) is 3.50. The van der Waals surface area contributed by atoms with Crippen molar-refractivity contribution in [1.82, 2.24) is 13.8 Å². The number of halogens is 1. The van der Waals surface area contributed by atoms with E-state index in [9.17, 15) is 12.8 Å². The molecule has 0 amide bonds. The molecule has 2 heterocycles. The van der Waals surface area contributed by atoms with Gasteiger partial charge in [-0.1, -0.05) is 24.3 Å². The Bertz CT molecular complexity index is 1340. The molecular formula is C23H23FN4O3S. The molecule has 2 aromatic heterocycles. The number of hydrogen-bond acceptors (Lipinski definition) is 5. The van der Waals surface area contributed by atoms with Gasteiger partial charge in [0.1, 0.15) is 5.82 Å². The van der Waals surface area contributed by atoms with Crippen molar-refractivity contribution in [2.75, 3.05) is 13.7 Å². The lowest BCUT2D eigenvalue weighted by Crippen LogP contribution is -2.13. The molecule has 2 N–H and O–H groups in total. The van der Waals surface area contributed by atoms with Crippen molar-refractivity contribution in [3.63, 3.8) is 0 Å². The lowest BCUT2D eigenvalue weighted by Gasteiger charge is -2.12. The Morgan fingerprint density at radius 2 is 1.88 bits per heavy atom. The zero-order valence-corrected chi connectivity index (χ0v) is 18.3. The van der Waals surface area contributed by atoms with Gasteiger partial charge in [-0.2, -0.15) is 5.10 Å². The van der Waals surface area contributed by atoms with Gasteiger partial charge in [0.25, 0.3) is 10.0 Å². The van der Waals surface area contributed by atoms with Crippen LogP contribution in [0.5, 0.6) is 0 Å². The lowest BCUT2D eigenvalue weighted by molar-refractivity contribution is 0.183. The molecule has 0 unspecified atom stereocenters. The standard InChI is InChI=1S/C23H23FN4O3S/c1-31-10-9-27-16-19(14-26-27)18-5-4-6-20(12-18)32(29,30)28-15-17(13-25)11-23(28)21-7-2-3-8-22(21)24/h2-8,11-12,14-16H,9-10,13,25H2,1H3. The summed E-state index contributed by atoms with van der Waals surface area (Å²) in [6, 6.07) is 14.2. The summed E-state index contributed by atoms with van der Waals surface area (Å²) in [6.07, 6.45) is 4.94. The van der Waals surface area contributed by atoms with Crippen LogP contribution >= 0.6 is 0 Å². The number of hydrogen-bond donors (Lipinski definition) is 1. The topological polar surface area (TPSA) is 92.1 Å². The molecule has 9 heteroatoms. The molecule has 166 valence electrons. The van der Waals surface area contributed by atoms with E-state index in [1.165, 1.54) is 18.3 Å². The van der Waals surface area contributed by atoms with Crippen molar-refractivity contribution in [1.29, 1.82) is 0 Å². The number of methoxy groups -OCH3 is 1. The molecule has 32 heavy (non-hydrogen) atoms. The molecule has 2 aromatic carbocycles. The number of nitrogens with zero attached hydrogens (tertiary/aromatic N) is 3. The summed E-state index contributed by atoms with van der Waals surface area (Å²) < 4.78 is 49.5. The van der Waals surface area contributed by atoms with Crippen LogP contribution in [0.3, 0.4) is 0 Å². The van der Waals surface area contributed by atoms with E-state index >= 15 is 0 Å². The molecule has 0 spiro atoms. The molecule has 0 atom stereocenters. The fraction of sp³-hybridized carbons (Fsp3) is 0.174. The number of nitrogens with two attached hydrogens (primary N) is 1. The zero-order chi connectivity index (χ0) is 22.7. The largest absolute Gasteiger partial charge is 0.383 e. The zero-order valence-electron chi connectivity index (χ0n) is 17.5. The van der Waals surface area contributed by atoms with E-state index in [1.807, 2.05) is 12.3 Å². The quantitative estimate of drug-likeness (QED) is 0.440. The first kappa shape index (κ1) is 21.9. The maximum atomic E-state index is 14.5. The molecule has 0 aliphatic rings. The summed E-state index contributed by atoms with van der Waals surface area (Å²) in [4.78, 5) is 0.0800. The van der Waals surface area contributed by atoms with E-state index in [2.05, 4.69) is 5.10 Å². The van der Waals surface area contributed by atoms with Gasteiger partial charge in [-0.3, -0.25) is 4.68 Å². The molecule has 4 aromatic rings. The SMILES string of the molecule is COCCn1cc(-c2cccc(S(=O)(=O)n3cc(CN)cc3-c3ccccc3F)c2)cn1. The van der Waals surface area contributed by atoms with Gasteiger partial charge in [0.05, 0.1) is 29.9 Å². The highest BCUT2D eigenvalue weighted by atomic mass is 32.2. The highest BCUT2D eigenvalue weighted by Crippen LogP contribution is 2.30. The van der Waals surface area contributed by atoms with Gasteiger partial charge in [0.15, 0.2) is 0 Å². The number of benzene rings is 2. The molecule has 7 nitrogen and oxygen atoms in total. The lowest BCUT2D eigenvalue weighted by atomic mass is 10.1. The van der Waals surface area contributed by atoms with Crippen LogP contribution in [0.2, 0.25) is 0 Å². The summed E-state index contributed by atoms with van der Waals surface area (Å²) in [7, 11) is -2.40. The summed E-state index contributed by atoms with van der Waals surface area (Å²) in [6.45, 7) is 1.24. The second-order valence-electron chi connectivity index (χ2n) is 7.23. The minimum absolute atomic E-state index is 0.0800. The van der Waals surface area contributed by atoms with Crippen molar-refractivity contribution in [3.05, 3.63) is 84.6 Å². The van der Waals surface area contributed by atoms with Crippen molar-refractivity contribution in [3.8, 4) is 22.4 Å². The van der Waals surface area contributed by atoms with E-state index in [1.54, 1.807) is 54.4 Å². The summed E-state index contributed by atoms with van der Waals surface area (Å²) in [5.41, 5.74) is 8.23. The molecular weight excluding hydrogens is 431 g/mol. The Hall–Kier alpha value is -3.27. The number of ether oxygens (including phenoxy) is 1. The Kier molecular flexibility index (Phi) is 6.22. The first-order chi connectivity index (χ1) is 15.4. The van der Waals surface area contributed by atoms with Crippen molar-refractivity contribution in [2.24, 2.45) is 5.73 Å². The van der Waals surface area contributed by atoms with Crippen LogP contribution in [0.1, 0.15) is 5.56 Å². The van der Waals surface area contributed by atoms with Crippen LogP contribution in [-0.4, -0.2) is 35.9 Å². The Balaban J connectivity index is 1.77. The Labute approximate surface area is 185 Å². The van der Waals surface area contributed by atoms with E-state index < -0.39 is 15.8 Å². The van der Waals surface area contributed by atoms with Gasteiger partial charge in [-0.15, -0.1) is 0 Å². The minimum atomic E-state index is -4.01. The van der Waals surface area contributed by atoms with Crippen molar-refractivity contribution < 1.29 is 17.5 Å². The van der Waals surface area contributed by atoms with Gasteiger partial charge in [0.2, 0.25) is 0 Å². The first-order valence-corrected chi connectivity index (χ1v) is 11.4. The van der Waals surface area contributed by atoms with Crippen LogP contribution in [0.4, 0.5) is 4.39 Å². The molecule has 4 rings (SSSR count). The average molecular weight is 455 g/mol. The van der Waals surface area contributed by atoms with Crippen molar-refractivity contribution >= 4 is 10.0 Å². The van der Waals surface area contributed by atoms with Crippen molar-refractivity contribution in [2.45, 2.75) is 18.0 Å². The molecule has 0 saturated carbocycles. The van der Waals surface area contributed by atoms with E-state index in [-0.39, 0.29) is 22.7 Å². The Morgan fingerprint density at radius 1 is 1.06 bits per heavy atom. The summed E-state index contributed by atoms with van der Waals surface area (Å²) in [5, 5.41) is 4.28. The van der Waals surface area contributed by atoms with Crippen LogP contribution in [0, 0.1) is 5.82 Å². The molecule has 0 radical (unpaired) electrons. The molecule has 0 aliphatic heterocycles. The van der Waals surface area contributed by atoms with Gasteiger partial charge in [0, 0.05) is 37.2 Å². The van der Waals surface area contributed by atoms with Crippen LogP contribution in [0.25, 0.3) is 22.4 Å². The molecule has 0 aliphatic carbocycles. The van der Waals surface area contributed by atoms with Gasteiger partial charge in [-0.25, -0.2) is 16.8 Å². The first-order valence-electron chi connectivity index (χ1n) is 9.97. The van der Waals surface area contributed by atoms with E-state index in [0.717, 1.165) is 9.54 Å². The highest BCUT2D eigenvalue weighted by molar-refractivity contribution is 7.90. The number of rotatable bonds is 8. The maximum Gasteiger partial charge on any atom is 0.268 e. The van der Waals surface area contributed by atoms with Crippen LogP contribution in [-0.2, 0) is 27.8 Å². The minimum Gasteiger partial charge on any atom is -0.383 e. The summed E-state index contributed by atoms with van der Waals surface area (Å²) in [5.74, 6) is -0.511. The predicted molar refractivity (Wildman–Crippen MR) is 120 cm³/mol. The van der Waals surface area contributed by atoms with Crippen LogP contribution in [0.15, 0.2) is 78.1 Å². The Morgan fingerprint density at radius 3 is 2.62 bits per heavy atom. The third-order valence-electron chi connectivity index (χ3n) is 5.11. The normalized spacial score (nSPS) is 11.7.